The molecule has 2 aliphatic carbocycles. The molecule has 0 bridgehead atoms. The van der Waals surface area contributed by atoms with E-state index in [1.807, 2.05) is 6.07 Å². The highest BCUT2D eigenvalue weighted by atomic mass is 16.3. The molecule has 1 aromatic heterocycles. The van der Waals surface area contributed by atoms with Gasteiger partial charge < -0.3 is 9.32 Å². The van der Waals surface area contributed by atoms with Crippen LogP contribution >= 0.6 is 0 Å². The van der Waals surface area contributed by atoms with Gasteiger partial charge >= 0.3 is 0 Å². The second-order valence-corrected chi connectivity index (χ2v) is 17.5. The van der Waals surface area contributed by atoms with Crippen molar-refractivity contribution in [2.45, 2.75) is 52.4 Å². The summed E-state index contributed by atoms with van der Waals surface area (Å²) >= 11 is 0. The number of aryl methyl sites for hydroxylation is 2. The lowest BCUT2D eigenvalue weighted by Crippen LogP contribution is -2.16. The summed E-state index contributed by atoms with van der Waals surface area (Å²) in [5.74, 6) is 0. The molecule has 1 heterocycles. The summed E-state index contributed by atoms with van der Waals surface area (Å²) in [6, 6.07) is 60.7. The molecule has 0 fully saturated rings. The van der Waals surface area contributed by atoms with Crippen molar-refractivity contribution in [2.24, 2.45) is 0 Å². The van der Waals surface area contributed by atoms with Gasteiger partial charge in [-0.3, -0.25) is 0 Å². The van der Waals surface area contributed by atoms with Crippen LogP contribution in [0.4, 0.5) is 17.1 Å². The SMILES string of the molecule is Cc1ccc2c(c1)C(C)(C)c1cc(C)cc(-c3ccc(N(c4ccc(-c5cccc6c5oc5ccccc56)cc4)c4ccc5c(c4)C(C)(C)c4ccccc4-5)cc3)c1-2. The molecular weight excluding hydrogens is 703 g/mol. The summed E-state index contributed by atoms with van der Waals surface area (Å²) in [5.41, 5.74) is 23.3. The molecule has 58 heavy (non-hydrogen) atoms. The Kier molecular flexibility index (Phi) is 7.41. The molecule has 2 nitrogen and oxygen atoms in total. The number of hydrogen-bond donors (Lipinski definition) is 0. The molecule has 0 N–H and O–H groups in total. The summed E-state index contributed by atoms with van der Waals surface area (Å²) in [7, 11) is 0. The fourth-order valence-corrected chi connectivity index (χ4v) is 10.2. The molecule has 0 spiro atoms. The van der Waals surface area contributed by atoms with E-state index in [1.165, 1.54) is 66.8 Å². The zero-order valence-electron chi connectivity index (χ0n) is 33.9. The van der Waals surface area contributed by atoms with Crippen LogP contribution in [0, 0.1) is 13.8 Å². The standard InChI is InChI=1S/C56H45NO/c1-34-18-28-46-49(31-34)56(5,6)51-32-35(2)30-47(53(46)51)37-21-25-39(26-22-37)57(40-27-29-43-42-12-7-9-16-48(42)55(3,4)50(43)33-40)38-23-19-36(20-24-38)41-14-11-15-45-44-13-8-10-17-52(44)58-54(41)45/h7-33H,1-6H3. The van der Waals surface area contributed by atoms with E-state index in [2.05, 4.69) is 204 Å². The van der Waals surface area contributed by atoms with Gasteiger partial charge in [0.2, 0.25) is 0 Å². The second-order valence-electron chi connectivity index (χ2n) is 17.5. The lowest BCUT2D eigenvalue weighted by molar-refractivity contribution is 0.659. The van der Waals surface area contributed by atoms with E-state index in [0.29, 0.717) is 0 Å². The minimum absolute atomic E-state index is 0.0582. The molecule has 0 atom stereocenters. The zero-order valence-corrected chi connectivity index (χ0v) is 33.9. The third kappa shape index (κ3) is 5.04. The van der Waals surface area contributed by atoms with Crippen LogP contribution in [-0.4, -0.2) is 0 Å². The van der Waals surface area contributed by atoms with Gasteiger partial charge in [-0.2, -0.15) is 0 Å². The van der Waals surface area contributed by atoms with Crippen molar-refractivity contribution in [2.75, 3.05) is 4.90 Å². The molecule has 2 aliphatic rings. The Balaban J connectivity index is 1.04. The van der Waals surface area contributed by atoms with Crippen molar-refractivity contribution in [1.82, 2.24) is 0 Å². The lowest BCUT2D eigenvalue weighted by atomic mass is 9.81. The van der Waals surface area contributed by atoms with Crippen molar-refractivity contribution in [1.29, 1.82) is 0 Å². The minimum atomic E-state index is -0.110. The van der Waals surface area contributed by atoms with Gasteiger partial charge in [-0.25, -0.2) is 0 Å². The second kappa shape index (κ2) is 12.4. The summed E-state index contributed by atoms with van der Waals surface area (Å²) in [5, 5.41) is 2.29. The van der Waals surface area contributed by atoms with Crippen molar-refractivity contribution >= 4 is 39.0 Å². The van der Waals surface area contributed by atoms with Gasteiger partial charge in [0.1, 0.15) is 11.2 Å². The largest absolute Gasteiger partial charge is 0.455 e. The molecular formula is C56H45NO. The maximum atomic E-state index is 6.45. The zero-order chi connectivity index (χ0) is 39.5. The number of furan rings is 1. The van der Waals surface area contributed by atoms with Gasteiger partial charge in [0.25, 0.3) is 0 Å². The Bertz CT molecular complexity index is 3120. The van der Waals surface area contributed by atoms with Crippen molar-refractivity contribution in [3.05, 3.63) is 197 Å². The molecule has 0 amide bonds. The number of benzene rings is 8. The Morgan fingerprint density at radius 3 is 1.74 bits per heavy atom. The van der Waals surface area contributed by atoms with Gasteiger partial charge in [0, 0.05) is 44.2 Å². The average Bonchev–Trinajstić information content (AvgIpc) is 3.81. The minimum Gasteiger partial charge on any atom is -0.455 e. The maximum Gasteiger partial charge on any atom is 0.143 e. The van der Waals surface area contributed by atoms with Gasteiger partial charge in [-0.05, 0) is 118 Å². The van der Waals surface area contributed by atoms with E-state index >= 15 is 0 Å². The molecule has 280 valence electrons. The summed E-state index contributed by atoms with van der Waals surface area (Å²) in [6.07, 6.45) is 0. The molecule has 2 heteroatoms. The molecule has 0 saturated carbocycles. The van der Waals surface area contributed by atoms with E-state index in [9.17, 15) is 0 Å². The van der Waals surface area contributed by atoms with Crippen LogP contribution in [0.25, 0.3) is 66.4 Å². The first-order valence-electron chi connectivity index (χ1n) is 20.5. The number of nitrogens with zero attached hydrogens (tertiary/aromatic N) is 1. The summed E-state index contributed by atoms with van der Waals surface area (Å²) in [6.45, 7) is 13.9. The molecule has 8 aromatic carbocycles. The Hall–Kier alpha value is -6.64. The molecule has 0 saturated heterocycles. The van der Waals surface area contributed by atoms with Crippen LogP contribution in [-0.2, 0) is 10.8 Å². The van der Waals surface area contributed by atoms with Gasteiger partial charge in [0.05, 0.1) is 0 Å². The third-order valence-electron chi connectivity index (χ3n) is 13.2. The van der Waals surface area contributed by atoms with Crippen LogP contribution < -0.4 is 4.90 Å². The van der Waals surface area contributed by atoms with Gasteiger partial charge in [0.15, 0.2) is 0 Å². The highest BCUT2D eigenvalue weighted by molar-refractivity contribution is 6.09. The number of anilines is 3. The van der Waals surface area contributed by atoms with Gasteiger partial charge in [-0.1, -0.05) is 160 Å². The lowest BCUT2D eigenvalue weighted by Gasteiger charge is -2.28. The predicted molar refractivity (Wildman–Crippen MR) is 244 cm³/mol. The van der Waals surface area contributed by atoms with E-state index in [0.717, 1.165) is 50.1 Å². The van der Waals surface area contributed by atoms with Crippen LogP contribution in [0.1, 0.15) is 61.1 Å². The molecule has 0 radical (unpaired) electrons. The first-order valence-corrected chi connectivity index (χ1v) is 20.5. The number of fused-ring (bicyclic) bond motifs is 9. The maximum absolute atomic E-state index is 6.45. The Labute approximate surface area is 341 Å². The molecule has 0 aliphatic heterocycles. The smallest absolute Gasteiger partial charge is 0.143 e. The van der Waals surface area contributed by atoms with Crippen LogP contribution in [0.5, 0.6) is 0 Å². The predicted octanol–water partition coefficient (Wildman–Crippen LogP) is 15.6. The summed E-state index contributed by atoms with van der Waals surface area (Å²) < 4.78 is 6.45. The molecule has 9 aromatic rings. The number of rotatable bonds is 5. The van der Waals surface area contributed by atoms with Crippen LogP contribution in [0.3, 0.4) is 0 Å². The average molecular weight is 748 g/mol. The Morgan fingerprint density at radius 2 is 0.966 bits per heavy atom. The normalized spacial score (nSPS) is 14.3. The molecule has 11 rings (SSSR count). The van der Waals surface area contributed by atoms with E-state index in [4.69, 9.17) is 4.42 Å². The number of hydrogen-bond acceptors (Lipinski definition) is 2. The van der Waals surface area contributed by atoms with E-state index < -0.39 is 0 Å². The van der Waals surface area contributed by atoms with Crippen molar-refractivity contribution < 1.29 is 4.42 Å². The van der Waals surface area contributed by atoms with Gasteiger partial charge in [-0.15, -0.1) is 0 Å². The van der Waals surface area contributed by atoms with Crippen molar-refractivity contribution in [3.8, 4) is 44.5 Å². The third-order valence-corrected chi connectivity index (χ3v) is 13.2. The fourth-order valence-electron chi connectivity index (χ4n) is 10.2. The van der Waals surface area contributed by atoms with Crippen LogP contribution in [0.15, 0.2) is 168 Å². The monoisotopic (exact) mass is 747 g/mol. The quantitative estimate of drug-likeness (QED) is 0.174. The summed E-state index contributed by atoms with van der Waals surface area (Å²) in [4.78, 5) is 2.41. The first kappa shape index (κ1) is 34.6. The van der Waals surface area contributed by atoms with E-state index in [1.54, 1.807) is 0 Å². The molecule has 0 unspecified atom stereocenters. The highest BCUT2D eigenvalue weighted by Gasteiger charge is 2.38. The first-order chi connectivity index (χ1) is 28.1. The number of para-hydroxylation sites is 2. The highest BCUT2D eigenvalue weighted by Crippen LogP contribution is 2.54. The fraction of sp³-hybridized carbons (Fsp3) is 0.143. The van der Waals surface area contributed by atoms with Crippen molar-refractivity contribution in [3.63, 3.8) is 0 Å². The van der Waals surface area contributed by atoms with Crippen LogP contribution in [0.2, 0.25) is 0 Å². The topological polar surface area (TPSA) is 16.4 Å². The van der Waals surface area contributed by atoms with E-state index in [-0.39, 0.29) is 10.8 Å². The Morgan fingerprint density at radius 1 is 0.397 bits per heavy atom.